The van der Waals surface area contributed by atoms with Crippen LogP contribution < -0.4 is 5.56 Å². The van der Waals surface area contributed by atoms with Gasteiger partial charge in [-0.1, -0.05) is 71.7 Å². The Bertz CT molecular complexity index is 1220. The molecular formula is C21H13Cl2N3O. The van der Waals surface area contributed by atoms with Gasteiger partial charge in [-0.25, -0.2) is 4.98 Å². The van der Waals surface area contributed by atoms with Crippen LogP contribution in [-0.4, -0.2) is 15.9 Å². The van der Waals surface area contributed by atoms with Crippen LogP contribution in [0.15, 0.2) is 82.7 Å². The summed E-state index contributed by atoms with van der Waals surface area (Å²) in [7, 11) is 0. The van der Waals surface area contributed by atoms with E-state index in [1.165, 1.54) is 10.9 Å². The third-order valence-electron chi connectivity index (χ3n) is 4.06. The number of hydrogen-bond donors (Lipinski definition) is 0. The van der Waals surface area contributed by atoms with Crippen LogP contribution in [0.4, 0.5) is 0 Å². The molecule has 3 aromatic carbocycles. The first-order valence-corrected chi connectivity index (χ1v) is 8.96. The zero-order valence-electron chi connectivity index (χ0n) is 14.0. The highest BCUT2D eigenvalue weighted by atomic mass is 35.5. The summed E-state index contributed by atoms with van der Waals surface area (Å²) in [6.07, 6.45) is 1.53. The van der Waals surface area contributed by atoms with Gasteiger partial charge in [-0.05, 0) is 24.3 Å². The van der Waals surface area contributed by atoms with Crippen LogP contribution in [0.25, 0.3) is 22.3 Å². The molecule has 0 radical (unpaired) electrons. The topological polar surface area (TPSA) is 47.2 Å². The smallest absolute Gasteiger partial charge is 0.267 e. The average Bonchev–Trinajstić information content (AvgIpc) is 2.69. The fraction of sp³-hybridized carbons (Fsp3) is 0. The molecule has 0 fully saturated rings. The highest BCUT2D eigenvalue weighted by Gasteiger charge is 2.12. The van der Waals surface area contributed by atoms with Gasteiger partial charge in [0.25, 0.3) is 5.56 Å². The zero-order chi connectivity index (χ0) is 18.8. The molecule has 4 aromatic rings. The summed E-state index contributed by atoms with van der Waals surface area (Å²) in [6, 6.07) is 21.8. The summed E-state index contributed by atoms with van der Waals surface area (Å²) in [6.45, 7) is 0. The van der Waals surface area contributed by atoms with Crippen molar-refractivity contribution in [1.29, 1.82) is 0 Å². The number of hydrogen-bond acceptors (Lipinski definition) is 3. The van der Waals surface area contributed by atoms with Gasteiger partial charge in [-0.3, -0.25) is 4.79 Å². The molecule has 27 heavy (non-hydrogen) atoms. The van der Waals surface area contributed by atoms with E-state index in [2.05, 4.69) is 10.1 Å². The molecule has 4 rings (SSSR count). The lowest BCUT2D eigenvalue weighted by atomic mass is 10.2. The fourth-order valence-electron chi connectivity index (χ4n) is 2.73. The van der Waals surface area contributed by atoms with Gasteiger partial charge in [0.1, 0.15) is 0 Å². The Morgan fingerprint density at radius 2 is 1.67 bits per heavy atom. The Hall–Kier alpha value is -2.95. The largest absolute Gasteiger partial charge is 0.282 e. The monoisotopic (exact) mass is 393 g/mol. The molecule has 1 aromatic heterocycles. The number of aromatic nitrogens is 2. The molecule has 4 nitrogen and oxygen atoms in total. The van der Waals surface area contributed by atoms with E-state index in [1.54, 1.807) is 30.3 Å². The molecule has 0 unspecified atom stereocenters. The van der Waals surface area contributed by atoms with Crippen molar-refractivity contribution in [3.63, 3.8) is 0 Å². The number of halogens is 2. The summed E-state index contributed by atoms with van der Waals surface area (Å²) in [5.74, 6) is 0.459. The lowest BCUT2D eigenvalue weighted by molar-refractivity contribution is 0.830. The molecule has 0 atom stereocenters. The molecule has 1 heterocycles. The average molecular weight is 394 g/mol. The van der Waals surface area contributed by atoms with Gasteiger partial charge in [-0.15, -0.1) is 0 Å². The second-order valence-corrected chi connectivity index (χ2v) is 6.69. The Morgan fingerprint density at radius 3 is 2.44 bits per heavy atom. The third-order valence-corrected chi connectivity index (χ3v) is 4.62. The lowest BCUT2D eigenvalue weighted by Gasteiger charge is -2.09. The Labute approximate surface area is 165 Å². The van der Waals surface area contributed by atoms with Crippen LogP contribution in [0, 0.1) is 0 Å². The number of nitrogens with zero attached hydrogens (tertiary/aromatic N) is 3. The number of rotatable bonds is 3. The van der Waals surface area contributed by atoms with Gasteiger partial charge in [0.05, 0.1) is 22.1 Å². The molecule has 132 valence electrons. The summed E-state index contributed by atoms with van der Waals surface area (Å²) in [5.41, 5.74) is 1.82. The van der Waals surface area contributed by atoms with Gasteiger partial charge >= 0.3 is 0 Å². The van der Waals surface area contributed by atoms with E-state index in [0.29, 0.717) is 32.3 Å². The van der Waals surface area contributed by atoms with Gasteiger partial charge < -0.3 is 0 Å². The third kappa shape index (κ3) is 3.50. The number of fused-ring (bicyclic) bond motifs is 1. The summed E-state index contributed by atoms with van der Waals surface area (Å²) >= 11 is 12.1. The van der Waals surface area contributed by atoms with Gasteiger partial charge in [-0.2, -0.15) is 9.78 Å². The van der Waals surface area contributed by atoms with Crippen LogP contribution in [0.1, 0.15) is 5.56 Å². The maximum absolute atomic E-state index is 13.0. The Balaban J connectivity index is 1.94. The minimum atomic E-state index is -0.249. The van der Waals surface area contributed by atoms with Crippen molar-refractivity contribution in [2.75, 3.05) is 0 Å². The summed E-state index contributed by atoms with van der Waals surface area (Å²) < 4.78 is 1.29. The molecule has 0 aliphatic heterocycles. The fourth-order valence-corrected chi connectivity index (χ4v) is 3.19. The van der Waals surface area contributed by atoms with Crippen LogP contribution in [0.5, 0.6) is 0 Å². The molecule has 0 N–H and O–H groups in total. The minimum Gasteiger partial charge on any atom is -0.267 e. The number of benzene rings is 3. The van der Waals surface area contributed by atoms with E-state index >= 15 is 0 Å². The lowest BCUT2D eigenvalue weighted by Crippen LogP contribution is -2.20. The maximum Gasteiger partial charge on any atom is 0.282 e. The molecule has 0 spiro atoms. The zero-order valence-corrected chi connectivity index (χ0v) is 15.5. The first-order chi connectivity index (χ1) is 13.1. The highest BCUT2D eigenvalue weighted by Crippen LogP contribution is 2.21. The molecule has 0 saturated heterocycles. The second-order valence-electron chi connectivity index (χ2n) is 5.85. The molecule has 6 heteroatoms. The van der Waals surface area contributed by atoms with E-state index in [9.17, 15) is 4.79 Å². The quantitative estimate of drug-likeness (QED) is 0.446. The Kier molecular flexibility index (Phi) is 4.75. The van der Waals surface area contributed by atoms with Crippen molar-refractivity contribution in [3.05, 3.63) is 98.8 Å². The second kappa shape index (κ2) is 7.35. The van der Waals surface area contributed by atoms with Crippen molar-refractivity contribution >= 4 is 40.3 Å². The van der Waals surface area contributed by atoms with E-state index in [1.807, 2.05) is 42.5 Å². The van der Waals surface area contributed by atoms with Crippen molar-refractivity contribution in [1.82, 2.24) is 9.66 Å². The molecule has 0 amide bonds. The van der Waals surface area contributed by atoms with Crippen molar-refractivity contribution < 1.29 is 0 Å². The predicted octanol–water partition coefficient (Wildman–Crippen LogP) is 5.25. The molecule has 0 aliphatic carbocycles. The first kappa shape index (κ1) is 17.5. The number of para-hydroxylation sites is 1. The molecule has 0 bridgehead atoms. The van der Waals surface area contributed by atoms with Gasteiger partial charge in [0.2, 0.25) is 0 Å². The highest BCUT2D eigenvalue weighted by molar-refractivity contribution is 6.36. The van der Waals surface area contributed by atoms with Gasteiger partial charge in [0, 0.05) is 16.1 Å². The standard InChI is InChI=1S/C21H13Cl2N3O/c22-16-11-10-15(18(23)12-16)13-24-26-20(14-6-2-1-3-7-14)25-19-9-5-4-8-17(19)21(26)27/h1-13H/b24-13-. The normalized spacial score (nSPS) is 11.3. The van der Waals surface area contributed by atoms with E-state index in [-0.39, 0.29) is 5.56 Å². The Morgan fingerprint density at radius 1 is 0.926 bits per heavy atom. The van der Waals surface area contributed by atoms with Crippen molar-refractivity contribution in [3.8, 4) is 11.4 Å². The van der Waals surface area contributed by atoms with Gasteiger partial charge in [0.15, 0.2) is 5.82 Å². The molecule has 0 saturated carbocycles. The summed E-state index contributed by atoms with van der Waals surface area (Å²) in [5, 5.41) is 5.87. The van der Waals surface area contributed by atoms with Crippen molar-refractivity contribution in [2.45, 2.75) is 0 Å². The molecule has 0 aliphatic rings. The van der Waals surface area contributed by atoms with E-state index < -0.39 is 0 Å². The van der Waals surface area contributed by atoms with Crippen LogP contribution >= 0.6 is 23.2 Å². The molecular weight excluding hydrogens is 381 g/mol. The maximum atomic E-state index is 13.0. The van der Waals surface area contributed by atoms with Crippen LogP contribution in [0.3, 0.4) is 0 Å². The van der Waals surface area contributed by atoms with Crippen LogP contribution in [0.2, 0.25) is 10.0 Å². The SMILES string of the molecule is O=c1c2ccccc2nc(-c2ccccc2)n1/N=C\c1ccc(Cl)cc1Cl. The van der Waals surface area contributed by atoms with Crippen molar-refractivity contribution in [2.24, 2.45) is 5.10 Å². The first-order valence-electron chi connectivity index (χ1n) is 8.20. The summed E-state index contributed by atoms with van der Waals surface area (Å²) in [4.78, 5) is 17.7. The predicted molar refractivity (Wildman–Crippen MR) is 111 cm³/mol. The van der Waals surface area contributed by atoms with E-state index in [0.717, 1.165) is 5.56 Å². The van der Waals surface area contributed by atoms with Crippen LogP contribution in [-0.2, 0) is 0 Å². The minimum absolute atomic E-state index is 0.249. The van der Waals surface area contributed by atoms with E-state index in [4.69, 9.17) is 23.2 Å².